The molecule has 1 aromatic rings. The second-order valence-electron chi connectivity index (χ2n) is 6.48. The Labute approximate surface area is 137 Å². The third-order valence-electron chi connectivity index (χ3n) is 4.99. The summed E-state index contributed by atoms with van der Waals surface area (Å²) in [5, 5.41) is 1.00. The first kappa shape index (κ1) is 15.9. The average molecular weight is 321 g/mol. The molecule has 0 unspecified atom stereocenters. The Morgan fingerprint density at radius 3 is 2.68 bits per heavy atom. The molecule has 0 spiro atoms. The lowest BCUT2D eigenvalue weighted by Crippen LogP contribution is -2.38. The van der Waals surface area contributed by atoms with Crippen LogP contribution >= 0.6 is 11.3 Å². The zero-order chi connectivity index (χ0) is 15.5. The maximum Gasteiger partial charge on any atom is 0.265 e. The number of amides is 1. The van der Waals surface area contributed by atoms with Crippen molar-refractivity contribution in [3.8, 4) is 0 Å². The van der Waals surface area contributed by atoms with Gasteiger partial charge in [-0.2, -0.15) is 0 Å². The molecule has 122 valence electrons. The topological polar surface area (TPSA) is 36.4 Å². The van der Waals surface area contributed by atoms with Gasteiger partial charge in [-0.3, -0.25) is 9.69 Å². The lowest BCUT2D eigenvalue weighted by Gasteiger charge is -2.27. The van der Waals surface area contributed by atoms with Gasteiger partial charge in [0.2, 0.25) is 0 Å². The van der Waals surface area contributed by atoms with Crippen LogP contribution < -0.4 is 0 Å². The van der Waals surface area contributed by atoms with Crippen LogP contribution in [0.3, 0.4) is 0 Å². The second kappa shape index (κ2) is 7.09. The molecule has 2 heterocycles. The molecule has 2 aliphatic rings. The molecular weight excluding hydrogens is 294 g/mol. The standard InChI is InChI=1S/C17H27N3OS/c1-3-15-16(22-13(2)18-15)17(21)20-10-6-9-19(11-12-20)14-7-4-5-8-14/h14H,3-12H2,1-2H3. The molecule has 1 amide bonds. The van der Waals surface area contributed by atoms with E-state index >= 15 is 0 Å². The summed E-state index contributed by atoms with van der Waals surface area (Å²) in [6.07, 6.45) is 7.40. The molecule has 1 aliphatic heterocycles. The fourth-order valence-electron chi connectivity index (χ4n) is 3.80. The van der Waals surface area contributed by atoms with Gasteiger partial charge in [0.05, 0.1) is 10.7 Å². The number of rotatable bonds is 3. The Morgan fingerprint density at radius 2 is 1.95 bits per heavy atom. The third-order valence-corrected chi connectivity index (χ3v) is 5.99. The second-order valence-corrected chi connectivity index (χ2v) is 7.69. The van der Waals surface area contributed by atoms with Gasteiger partial charge < -0.3 is 4.90 Å². The van der Waals surface area contributed by atoms with E-state index in [2.05, 4.69) is 21.7 Å². The first-order chi connectivity index (χ1) is 10.7. The van der Waals surface area contributed by atoms with Crippen LogP contribution in [0.2, 0.25) is 0 Å². The Morgan fingerprint density at radius 1 is 1.18 bits per heavy atom. The normalized spacial score (nSPS) is 21.3. The van der Waals surface area contributed by atoms with Crippen LogP contribution in [0.4, 0.5) is 0 Å². The van der Waals surface area contributed by atoms with Crippen LogP contribution in [0.15, 0.2) is 0 Å². The predicted octanol–water partition coefficient (Wildman–Crippen LogP) is 3.10. The van der Waals surface area contributed by atoms with Gasteiger partial charge in [0.25, 0.3) is 5.91 Å². The molecule has 0 N–H and O–H groups in total. The number of hydrogen-bond donors (Lipinski definition) is 0. The van der Waals surface area contributed by atoms with E-state index in [-0.39, 0.29) is 5.91 Å². The molecule has 0 atom stereocenters. The highest BCUT2D eigenvalue weighted by Crippen LogP contribution is 2.25. The van der Waals surface area contributed by atoms with Crippen molar-refractivity contribution in [3.05, 3.63) is 15.6 Å². The first-order valence-corrected chi connectivity index (χ1v) is 9.50. The van der Waals surface area contributed by atoms with Crippen molar-refractivity contribution in [2.24, 2.45) is 0 Å². The van der Waals surface area contributed by atoms with Crippen LogP contribution in [0.1, 0.15) is 59.4 Å². The molecule has 1 aliphatic carbocycles. The van der Waals surface area contributed by atoms with Gasteiger partial charge in [0, 0.05) is 32.2 Å². The van der Waals surface area contributed by atoms with Crippen molar-refractivity contribution in [2.75, 3.05) is 26.2 Å². The van der Waals surface area contributed by atoms with Crippen LogP contribution in [0.5, 0.6) is 0 Å². The van der Waals surface area contributed by atoms with Crippen LogP contribution in [0.25, 0.3) is 0 Å². The van der Waals surface area contributed by atoms with Gasteiger partial charge in [-0.25, -0.2) is 4.98 Å². The third kappa shape index (κ3) is 3.35. The van der Waals surface area contributed by atoms with Crippen molar-refractivity contribution in [1.29, 1.82) is 0 Å². The molecule has 1 saturated carbocycles. The number of aromatic nitrogens is 1. The van der Waals surface area contributed by atoms with E-state index in [1.165, 1.54) is 25.7 Å². The molecule has 3 rings (SSSR count). The van der Waals surface area contributed by atoms with E-state index in [0.29, 0.717) is 0 Å². The van der Waals surface area contributed by atoms with Gasteiger partial charge in [0.1, 0.15) is 4.88 Å². The zero-order valence-electron chi connectivity index (χ0n) is 13.8. The molecule has 22 heavy (non-hydrogen) atoms. The number of aryl methyl sites for hydroxylation is 2. The lowest BCUT2D eigenvalue weighted by molar-refractivity contribution is 0.0761. The Hall–Kier alpha value is -0.940. The molecule has 5 heteroatoms. The number of hydrogen-bond acceptors (Lipinski definition) is 4. The molecule has 0 bridgehead atoms. The van der Waals surface area contributed by atoms with Crippen LogP contribution in [-0.2, 0) is 6.42 Å². The summed E-state index contributed by atoms with van der Waals surface area (Å²) < 4.78 is 0. The quantitative estimate of drug-likeness (QED) is 0.858. The van der Waals surface area contributed by atoms with Gasteiger partial charge >= 0.3 is 0 Å². The molecule has 1 aromatic heterocycles. The van der Waals surface area contributed by atoms with Crippen LogP contribution in [0, 0.1) is 6.92 Å². The Bertz CT molecular complexity index is 522. The summed E-state index contributed by atoms with van der Waals surface area (Å²) in [5.74, 6) is 0.204. The molecule has 0 radical (unpaired) electrons. The summed E-state index contributed by atoms with van der Waals surface area (Å²) in [6, 6.07) is 0.770. The number of nitrogens with zero attached hydrogens (tertiary/aromatic N) is 3. The largest absolute Gasteiger partial charge is 0.337 e. The van der Waals surface area contributed by atoms with Crippen molar-refractivity contribution < 1.29 is 4.79 Å². The monoisotopic (exact) mass is 321 g/mol. The maximum atomic E-state index is 12.9. The number of carbonyl (C=O) groups excluding carboxylic acids is 1. The van der Waals surface area contributed by atoms with Gasteiger partial charge in [-0.05, 0) is 32.6 Å². The van der Waals surface area contributed by atoms with Crippen molar-refractivity contribution in [1.82, 2.24) is 14.8 Å². The SMILES string of the molecule is CCc1nc(C)sc1C(=O)N1CCCN(C2CCCC2)CC1. The summed E-state index contributed by atoms with van der Waals surface area (Å²) in [7, 11) is 0. The smallest absolute Gasteiger partial charge is 0.265 e. The number of thiazole rings is 1. The fraction of sp³-hybridized carbons (Fsp3) is 0.765. The Balaban J connectivity index is 1.66. The summed E-state index contributed by atoms with van der Waals surface area (Å²) in [6.45, 7) is 8.02. The Kier molecular flexibility index (Phi) is 5.14. The van der Waals surface area contributed by atoms with E-state index in [1.807, 2.05) is 6.92 Å². The predicted molar refractivity (Wildman–Crippen MR) is 90.6 cm³/mol. The van der Waals surface area contributed by atoms with Gasteiger partial charge in [-0.15, -0.1) is 11.3 Å². The number of carbonyl (C=O) groups is 1. The van der Waals surface area contributed by atoms with E-state index in [9.17, 15) is 4.79 Å². The van der Waals surface area contributed by atoms with Crippen molar-refractivity contribution >= 4 is 17.2 Å². The summed E-state index contributed by atoms with van der Waals surface area (Å²) in [4.78, 5) is 22.9. The molecule has 4 nitrogen and oxygen atoms in total. The lowest BCUT2D eigenvalue weighted by atomic mass is 10.2. The van der Waals surface area contributed by atoms with E-state index < -0.39 is 0 Å². The van der Waals surface area contributed by atoms with Crippen molar-refractivity contribution in [2.45, 2.75) is 58.4 Å². The van der Waals surface area contributed by atoms with Gasteiger partial charge in [-0.1, -0.05) is 19.8 Å². The minimum Gasteiger partial charge on any atom is -0.337 e. The first-order valence-electron chi connectivity index (χ1n) is 8.68. The summed E-state index contributed by atoms with van der Waals surface area (Å²) >= 11 is 1.56. The highest BCUT2D eigenvalue weighted by molar-refractivity contribution is 7.13. The minimum atomic E-state index is 0.204. The van der Waals surface area contributed by atoms with Crippen molar-refractivity contribution in [3.63, 3.8) is 0 Å². The van der Waals surface area contributed by atoms with E-state index in [0.717, 1.165) is 60.6 Å². The van der Waals surface area contributed by atoms with E-state index in [1.54, 1.807) is 11.3 Å². The summed E-state index contributed by atoms with van der Waals surface area (Å²) in [5.41, 5.74) is 0.976. The van der Waals surface area contributed by atoms with Crippen LogP contribution in [-0.4, -0.2) is 52.9 Å². The van der Waals surface area contributed by atoms with Gasteiger partial charge in [0.15, 0.2) is 0 Å². The maximum absolute atomic E-state index is 12.9. The highest BCUT2D eigenvalue weighted by Gasteiger charge is 2.28. The average Bonchev–Trinajstić information content (AvgIpc) is 3.11. The molecular formula is C17H27N3OS. The molecule has 2 fully saturated rings. The fourth-order valence-corrected chi connectivity index (χ4v) is 4.77. The molecule has 0 aromatic carbocycles. The highest BCUT2D eigenvalue weighted by atomic mass is 32.1. The molecule has 1 saturated heterocycles. The van der Waals surface area contributed by atoms with E-state index in [4.69, 9.17) is 0 Å². The zero-order valence-corrected chi connectivity index (χ0v) is 14.6. The minimum absolute atomic E-state index is 0.204.